The van der Waals surface area contributed by atoms with E-state index in [9.17, 15) is 9.59 Å². The molecule has 2 fully saturated rings. The second kappa shape index (κ2) is 5.59. The first-order valence-electron chi connectivity index (χ1n) is 7.44. The van der Waals surface area contributed by atoms with E-state index in [4.69, 9.17) is 5.73 Å². The first kappa shape index (κ1) is 14.5. The van der Waals surface area contributed by atoms with Crippen molar-refractivity contribution in [2.45, 2.75) is 52.0 Å². The van der Waals surface area contributed by atoms with Crippen LogP contribution in [0.15, 0.2) is 0 Å². The molecular formula is C14H26N3O2+. The number of primary amides is 1. The highest BCUT2D eigenvalue weighted by Gasteiger charge is 2.48. The molecule has 2 rings (SSSR count). The van der Waals surface area contributed by atoms with Crippen molar-refractivity contribution in [1.29, 1.82) is 0 Å². The Morgan fingerprint density at radius 3 is 2.42 bits per heavy atom. The van der Waals surface area contributed by atoms with Crippen LogP contribution in [0, 0.1) is 5.92 Å². The summed E-state index contributed by atoms with van der Waals surface area (Å²) in [5.74, 6) is 0.142. The molecule has 5 nitrogen and oxygen atoms in total. The standard InChI is InChI=1S/C14H25N3O2/c1-11(2)17(10-4-3-5-13(17)18)16-8-6-12(7-9-16)14(15)19/h11-12H,3-10H2,1-2H3,(H-,15,19)/p+1. The second-order valence-electron chi connectivity index (χ2n) is 6.13. The highest BCUT2D eigenvalue weighted by atomic mass is 16.2. The maximum Gasteiger partial charge on any atom is 0.333 e. The minimum atomic E-state index is -0.194. The zero-order valence-corrected chi connectivity index (χ0v) is 12.1. The fourth-order valence-corrected chi connectivity index (χ4v) is 3.63. The number of quaternary nitrogens is 1. The van der Waals surface area contributed by atoms with Gasteiger partial charge in [0.05, 0.1) is 6.42 Å². The molecule has 2 aliphatic heterocycles. The number of carbonyl (C=O) groups is 2. The molecule has 2 aliphatic rings. The molecule has 0 radical (unpaired) electrons. The molecule has 2 N–H and O–H groups in total. The van der Waals surface area contributed by atoms with Gasteiger partial charge < -0.3 is 5.73 Å². The number of rotatable bonds is 3. The van der Waals surface area contributed by atoms with E-state index in [0.29, 0.717) is 16.9 Å². The minimum absolute atomic E-state index is 0.0108. The molecule has 1 atom stereocenters. The first-order valence-corrected chi connectivity index (χ1v) is 7.44. The van der Waals surface area contributed by atoms with Gasteiger partial charge in [-0.15, -0.1) is 5.01 Å². The third-order valence-electron chi connectivity index (χ3n) is 4.80. The van der Waals surface area contributed by atoms with Gasteiger partial charge >= 0.3 is 5.91 Å². The Hall–Kier alpha value is -0.940. The zero-order chi connectivity index (χ0) is 14.0. The number of amides is 2. The van der Waals surface area contributed by atoms with E-state index in [0.717, 1.165) is 45.3 Å². The fraction of sp³-hybridized carbons (Fsp3) is 0.857. The van der Waals surface area contributed by atoms with E-state index < -0.39 is 0 Å². The summed E-state index contributed by atoms with van der Waals surface area (Å²) >= 11 is 0. The molecule has 1 unspecified atom stereocenters. The van der Waals surface area contributed by atoms with Crippen molar-refractivity contribution in [3.05, 3.63) is 0 Å². The Bertz CT molecular complexity index is 362. The van der Waals surface area contributed by atoms with Crippen LogP contribution in [0.25, 0.3) is 0 Å². The maximum atomic E-state index is 12.5. The van der Waals surface area contributed by atoms with Gasteiger partial charge in [-0.2, -0.15) is 4.59 Å². The smallest absolute Gasteiger partial charge is 0.333 e. The summed E-state index contributed by atoms with van der Waals surface area (Å²) < 4.78 is 0.492. The molecule has 0 spiro atoms. The second-order valence-corrected chi connectivity index (χ2v) is 6.13. The van der Waals surface area contributed by atoms with Crippen molar-refractivity contribution < 1.29 is 14.2 Å². The van der Waals surface area contributed by atoms with Crippen LogP contribution in [0.3, 0.4) is 0 Å². The molecule has 0 aliphatic carbocycles. The zero-order valence-electron chi connectivity index (χ0n) is 12.1. The van der Waals surface area contributed by atoms with Crippen LogP contribution in [0.1, 0.15) is 46.0 Å². The third-order valence-corrected chi connectivity index (χ3v) is 4.80. The molecule has 0 aromatic rings. The van der Waals surface area contributed by atoms with Crippen molar-refractivity contribution >= 4 is 11.8 Å². The highest BCUT2D eigenvalue weighted by Crippen LogP contribution is 2.31. The normalized spacial score (nSPS) is 30.8. The first-order chi connectivity index (χ1) is 8.98. The topological polar surface area (TPSA) is 63.4 Å². The molecule has 108 valence electrons. The quantitative estimate of drug-likeness (QED) is 0.778. The van der Waals surface area contributed by atoms with E-state index in [2.05, 4.69) is 18.9 Å². The van der Waals surface area contributed by atoms with E-state index in [1.807, 2.05) is 0 Å². The van der Waals surface area contributed by atoms with E-state index in [1.54, 1.807) is 0 Å². The lowest BCUT2D eigenvalue weighted by atomic mass is 9.96. The average Bonchev–Trinajstić information content (AvgIpc) is 2.39. The Morgan fingerprint density at radius 2 is 1.95 bits per heavy atom. The number of nitrogens with zero attached hydrogens (tertiary/aromatic N) is 2. The van der Waals surface area contributed by atoms with Crippen LogP contribution in [0.5, 0.6) is 0 Å². The van der Waals surface area contributed by atoms with Crippen LogP contribution in [0.4, 0.5) is 0 Å². The molecule has 0 aromatic heterocycles. The summed E-state index contributed by atoms with van der Waals surface area (Å²) in [5, 5.41) is 2.28. The predicted octanol–water partition coefficient (Wildman–Crippen LogP) is 1.03. The molecule has 0 aromatic carbocycles. The molecule has 2 amide bonds. The van der Waals surface area contributed by atoms with Crippen LogP contribution in [-0.2, 0) is 9.59 Å². The molecular weight excluding hydrogens is 242 g/mol. The van der Waals surface area contributed by atoms with Gasteiger partial charge in [-0.3, -0.25) is 4.79 Å². The summed E-state index contributed by atoms with van der Waals surface area (Å²) in [6.07, 6.45) is 4.39. The Morgan fingerprint density at radius 1 is 1.32 bits per heavy atom. The lowest BCUT2D eigenvalue weighted by Crippen LogP contribution is -2.70. The van der Waals surface area contributed by atoms with E-state index in [-0.39, 0.29) is 17.9 Å². The number of hydrogen-bond acceptors (Lipinski definition) is 3. The third kappa shape index (κ3) is 2.54. The van der Waals surface area contributed by atoms with Gasteiger partial charge in [0.15, 0.2) is 0 Å². The summed E-state index contributed by atoms with van der Waals surface area (Å²) in [5.41, 5.74) is 5.38. The molecule has 2 saturated heterocycles. The van der Waals surface area contributed by atoms with Crippen LogP contribution >= 0.6 is 0 Å². The number of piperidine rings is 2. The molecule has 2 heterocycles. The van der Waals surface area contributed by atoms with Gasteiger partial charge in [0.25, 0.3) is 0 Å². The summed E-state index contributed by atoms with van der Waals surface area (Å²) in [7, 11) is 0. The Labute approximate surface area is 115 Å². The van der Waals surface area contributed by atoms with Crippen molar-refractivity contribution in [3.8, 4) is 0 Å². The molecule has 0 bridgehead atoms. The van der Waals surface area contributed by atoms with Gasteiger partial charge in [0.2, 0.25) is 5.91 Å². The number of carbonyl (C=O) groups excluding carboxylic acids is 2. The number of hydrogen-bond donors (Lipinski definition) is 1. The van der Waals surface area contributed by atoms with Crippen LogP contribution in [-0.4, -0.2) is 47.1 Å². The summed E-state index contributed by atoms with van der Waals surface area (Å²) in [4.78, 5) is 23.8. The van der Waals surface area contributed by atoms with Crippen LogP contribution < -0.4 is 5.73 Å². The van der Waals surface area contributed by atoms with Crippen molar-refractivity contribution in [1.82, 2.24) is 5.01 Å². The van der Waals surface area contributed by atoms with Crippen molar-refractivity contribution in [2.75, 3.05) is 19.6 Å². The fourth-order valence-electron chi connectivity index (χ4n) is 3.63. The van der Waals surface area contributed by atoms with E-state index in [1.165, 1.54) is 0 Å². The Balaban J connectivity index is 2.13. The summed E-state index contributed by atoms with van der Waals surface area (Å²) in [6, 6.07) is 0.276. The summed E-state index contributed by atoms with van der Waals surface area (Å²) in [6.45, 7) is 6.78. The van der Waals surface area contributed by atoms with Gasteiger partial charge in [0.1, 0.15) is 12.6 Å². The van der Waals surface area contributed by atoms with E-state index >= 15 is 0 Å². The highest BCUT2D eigenvalue weighted by molar-refractivity contribution is 5.76. The molecule has 0 saturated carbocycles. The predicted molar refractivity (Wildman–Crippen MR) is 72.6 cm³/mol. The van der Waals surface area contributed by atoms with Crippen LogP contribution in [0.2, 0.25) is 0 Å². The number of likely N-dealkylation sites (tertiary alicyclic amines) is 1. The largest absolute Gasteiger partial charge is 0.369 e. The van der Waals surface area contributed by atoms with Gasteiger partial charge in [-0.25, -0.2) is 4.79 Å². The monoisotopic (exact) mass is 268 g/mol. The SMILES string of the molecule is CC(C)[N+]1(N2CCC(C(N)=O)CC2)CCCCC1=O. The van der Waals surface area contributed by atoms with Gasteiger partial charge in [-0.1, -0.05) is 0 Å². The molecule has 19 heavy (non-hydrogen) atoms. The van der Waals surface area contributed by atoms with Gasteiger partial charge in [-0.05, 0) is 39.5 Å². The maximum absolute atomic E-state index is 12.5. The lowest BCUT2D eigenvalue weighted by molar-refractivity contribution is -0.990. The Kier molecular flexibility index (Phi) is 4.26. The van der Waals surface area contributed by atoms with Gasteiger partial charge in [0, 0.05) is 19.0 Å². The number of nitrogens with two attached hydrogens (primary N) is 1. The molecule has 5 heteroatoms. The minimum Gasteiger partial charge on any atom is -0.369 e. The average molecular weight is 268 g/mol. The van der Waals surface area contributed by atoms with Crippen molar-refractivity contribution in [2.24, 2.45) is 11.7 Å². The van der Waals surface area contributed by atoms with Crippen molar-refractivity contribution in [3.63, 3.8) is 0 Å². The lowest BCUT2D eigenvalue weighted by Gasteiger charge is -2.50.